The van der Waals surface area contributed by atoms with Crippen LogP contribution in [0.15, 0.2) is 217 Å². The van der Waals surface area contributed by atoms with Gasteiger partial charge in [0.2, 0.25) is 0 Å². The number of hydrogen-bond acceptors (Lipinski definition) is 2. The van der Waals surface area contributed by atoms with Crippen LogP contribution in [0.3, 0.4) is 0 Å². The molecule has 0 N–H and O–H groups in total. The van der Waals surface area contributed by atoms with Crippen molar-refractivity contribution >= 4 is 60.5 Å². The fourth-order valence-electron chi connectivity index (χ4n) is 10.6. The quantitative estimate of drug-likeness (QED) is 0.178. The first kappa shape index (κ1) is 32.4. The second-order valence-corrected chi connectivity index (χ2v) is 15.9. The molecule has 2 nitrogen and oxygen atoms in total. The maximum Gasteiger partial charge on any atom is 0.159 e. The van der Waals surface area contributed by atoms with E-state index in [-0.39, 0.29) is 0 Å². The van der Waals surface area contributed by atoms with Gasteiger partial charge in [0.1, 0.15) is 5.58 Å². The van der Waals surface area contributed by atoms with E-state index in [2.05, 4.69) is 217 Å². The zero-order valence-electron chi connectivity index (χ0n) is 32.1. The van der Waals surface area contributed by atoms with Crippen molar-refractivity contribution in [1.29, 1.82) is 0 Å². The second kappa shape index (κ2) is 12.2. The Hall–Kier alpha value is -7.68. The molecule has 0 fully saturated rings. The van der Waals surface area contributed by atoms with E-state index in [9.17, 15) is 0 Å². The summed E-state index contributed by atoms with van der Waals surface area (Å²) in [6.07, 6.45) is 0. The molecule has 0 radical (unpaired) electrons. The minimum atomic E-state index is -0.453. The number of rotatable bonds is 4. The van der Waals surface area contributed by atoms with E-state index in [0.717, 1.165) is 39.0 Å². The van der Waals surface area contributed by atoms with Crippen molar-refractivity contribution in [3.8, 4) is 33.4 Å². The first-order valence-electron chi connectivity index (χ1n) is 20.4. The van der Waals surface area contributed by atoms with Gasteiger partial charge in [0.05, 0.1) is 16.8 Å². The highest BCUT2D eigenvalue weighted by Gasteiger charge is 2.52. The molecule has 2 aliphatic carbocycles. The van der Waals surface area contributed by atoms with Gasteiger partial charge in [-0.1, -0.05) is 176 Å². The summed E-state index contributed by atoms with van der Waals surface area (Å²) in [5.41, 5.74) is 17.2. The lowest BCUT2D eigenvalue weighted by molar-refractivity contribution is 0.669. The zero-order chi connectivity index (χ0) is 38.7. The summed E-state index contributed by atoms with van der Waals surface area (Å²) in [4.78, 5) is 2.44. The van der Waals surface area contributed by atoms with E-state index in [1.807, 2.05) is 0 Å². The number of nitrogens with zero attached hydrogens (tertiary/aromatic N) is 1. The molecule has 0 bridgehead atoms. The van der Waals surface area contributed by atoms with Gasteiger partial charge in [0.25, 0.3) is 0 Å². The Morgan fingerprint density at radius 3 is 1.71 bits per heavy atom. The van der Waals surface area contributed by atoms with Crippen LogP contribution in [0.2, 0.25) is 0 Å². The summed E-state index contributed by atoms with van der Waals surface area (Å²) in [6.45, 7) is 0. The van der Waals surface area contributed by atoms with Gasteiger partial charge >= 0.3 is 0 Å². The highest BCUT2D eigenvalue weighted by atomic mass is 16.3. The van der Waals surface area contributed by atoms with Crippen molar-refractivity contribution in [1.82, 2.24) is 0 Å². The van der Waals surface area contributed by atoms with E-state index in [1.54, 1.807) is 0 Å². The fraction of sp³-hybridized carbons (Fsp3) is 0.0175. The second-order valence-electron chi connectivity index (χ2n) is 15.9. The molecule has 0 atom stereocenters. The Balaban J connectivity index is 1.09. The number of furan rings is 1. The molecule has 2 aliphatic rings. The van der Waals surface area contributed by atoms with Gasteiger partial charge in [-0.2, -0.15) is 0 Å². The van der Waals surface area contributed by atoms with Gasteiger partial charge in [-0.25, -0.2) is 0 Å². The molecule has 0 saturated heterocycles. The predicted octanol–water partition coefficient (Wildman–Crippen LogP) is 15.4. The third-order valence-electron chi connectivity index (χ3n) is 13.1. The molecular formula is C57H35NO. The Kier molecular flexibility index (Phi) is 6.68. The van der Waals surface area contributed by atoms with Crippen molar-refractivity contribution in [2.75, 3.05) is 4.90 Å². The average Bonchev–Trinajstić information content (AvgIpc) is 3.94. The highest BCUT2D eigenvalue weighted by Crippen LogP contribution is 2.64. The molecule has 1 aromatic heterocycles. The zero-order valence-corrected chi connectivity index (χ0v) is 32.1. The van der Waals surface area contributed by atoms with Crippen LogP contribution in [0.5, 0.6) is 0 Å². The maximum absolute atomic E-state index is 6.98. The Morgan fingerprint density at radius 2 is 0.932 bits per heavy atom. The van der Waals surface area contributed by atoms with Crippen molar-refractivity contribution in [2.45, 2.75) is 5.41 Å². The van der Waals surface area contributed by atoms with Crippen molar-refractivity contribution < 1.29 is 4.42 Å². The monoisotopic (exact) mass is 749 g/mol. The van der Waals surface area contributed by atoms with Crippen LogP contribution in [0.4, 0.5) is 17.1 Å². The summed E-state index contributed by atoms with van der Waals surface area (Å²) < 4.78 is 6.98. The van der Waals surface area contributed by atoms with Gasteiger partial charge in [-0.15, -0.1) is 0 Å². The van der Waals surface area contributed by atoms with Crippen LogP contribution >= 0.6 is 0 Å². The molecule has 11 aromatic rings. The standard InChI is InChI=1S/C57H35NO/c1-2-15-39-35-40(28-27-36(39)13-1)37-29-32-41(33-30-37)58(52-26-11-20-46-54-42-16-4-3-14-38(42)31-34-53(54)59-56(46)52)51-25-12-24-50-55(51)45-19-7-10-23-49(45)57(50)47-21-8-5-17-43(47)44-18-6-9-22-48(44)57/h1-35H. The molecule has 274 valence electrons. The molecule has 1 spiro atoms. The lowest BCUT2D eigenvalue weighted by atomic mass is 9.70. The molecular weight excluding hydrogens is 715 g/mol. The van der Waals surface area contributed by atoms with E-state index >= 15 is 0 Å². The largest absolute Gasteiger partial charge is 0.454 e. The summed E-state index contributed by atoms with van der Waals surface area (Å²) in [5, 5.41) is 7.14. The minimum absolute atomic E-state index is 0.453. The van der Waals surface area contributed by atoms with Gasteiger partial charge in [-0.05, 0) is 108 Å². The van der Waals surface area contributed by atoms with Crippen LogP contribution in [-0.2, 0) is 5.41 Å². The third kappa shape index (κ3) is 4.40. The summed E-state index contributed by atoms with van der Waals surface area (Å²) >= 11 is 0. The lowest BCUT2D eigenvalue weighted by Crippen LogP contribution is -2.26. The molecule has 0 unspecified atom stereocenters. The van der Waals surface area contributed by atoms with Crippen LogP contribution in [0.1, 0.15) is 22.3 Å². The van der Waals surface area contributed by atoms with E-state index in [0.29, 0.717) is 0 Å². The number of para-hydroxylation sites is 1. The van der Waals surface area contributed by atoms with E-state index in [1.165, 1.54) is 77.2 Å². The Bertz CT molecular complexity index is 3470. The summed E-state index contributed by atoms with van der Waals surface area (Å²) in [6, 6.07) is 77.9. The van der Waals surface area contributed by atoms with Gasteiger partial charge < -0.3 is 9.32 Å². The highest BCUT2D eigenvalue weighted by molar-refractivity contribution is 6.21. The SMILES string of the molecule is c1ccc2c(c1)-c1ccccc1C21c2ccccc2-c2c(N(c3ccc(-c4ccc5ccccc5c4)cc3)c3cccc4c3oc3ccc5ccccc5c34)cccc21. The number of fused-ring (bicyclic) bond motifs is 16. The smallest absolute Gasteiger partial charge is 0.159 e. The number of anilines is 3. The molecule has 10 aromatic carbocycles. The van der Waals surface area contributed by atoms with Crippen molar-refractivity contribution in [3.63, 3.8) is 0 Å². The molecule has 0 saturated carbocycles. The fourth-order valence-corrected chi connectivity index (χ4v) is 10.6. The molecule has 1 heterocycles. The third-order valence-corrected chi connectivity index (χ3v) is 13.1. The van der Waals surface area contributed by atoms with Crippen LogP contribution in [-0.4, -0.2) is 0 Å². The lowest BCUT2D eigenvalue weighted by Gasteiger charge is -2.31. The first-order valence-corrected chi connectivity index (χ1v) is 20.4. The van der Waals surface area contributed by atoms with Crippen LogP contribution in [0.25, 0.3) is 76.9 Å². The van der Waals surface area contributed by atoms with E-state index < -0.39 is 5.41 Å². The Morgan fingerprint density at radius 1 is 0.373 bits per heavy atom. The Labute approximate surface area is 341 Å². The maximum atomic E-state index is 6.98. The van der Waals surface area contributed by atoms with Crippen LogP contribution in [0, 0.1) is 0 Å². The minimum Gasteiger partial charge on any atom is -0.454 e. The first-order chi connectivity index (χ1) is 29.3. The van der Waals surface area contributed by atoms with Gasteiger partial charge in [0.15, 0.2) is 5.58 Å². The van der Waals surface area contributed by atoms with E-state index in [4.69, 9.17) is 4.42 Å². The van der Waals surface area contributed by atoms with Crippen molar-refractivity contribution in [2.24, 2.45) is 0 Å². The summed E-state index contributed by atoms with van der Waals surface area (Å²) in [7, 11) is 0. The molecule has 13 rings (SSSR count). The molecule has 0 aliphatic heterocycles. The van der Waals surface area contributed by atoms with Crippen LogP contribution < -0.4 is 4.90 Å². The summed E-state index contributed by atoms with van der Waals surface area (Å²) in [5.74, 6) is 0. The molecule has 59 heavy (non-hydrogen) atoms. The number of hydrogen-bond donors (Lipinski definition) is 0. The molecule has 2 heteroatoms. The van der Waals surface area contributed by atoms with Crippen molar-refractivity contribution in [3.05, 3.63) is 235 Å². The predicted molar refractivity (Wildman–Crippen MR) is 245 cm³/mol. The number of benzene rings is 10. The average molecular weight is 750 g/mol. The van der Waals surface area contributed by atoms with Gasteiger partial charge in [0, 0.05) is 22.0 Å². The normalized spacial score (nSPS) is 13.2. The topological polar surface area (TPSA) is 16.4 Å². The molecule has 0 amide bonds. The van der Waals surface area contributed by atoms with Gasteiger partial charge in [-0.3, -0.25) is 0 Å².